The second-order valence-electron chi connectivity index (χ2n) is 6.13. The van der Waals surface area contributed by atoms with Crippen molar-refractivity contribution >= 4 is 15.9 Å². The lowest BCUT2D eigenvalue weighted by molar-refractivity contribution is 0.167. The zero-order chi connectivity index (χ0) is 15.7. The molecule has 1 aromatic heterocycles. The minimum atomic E-state index is -0.610. The Morgan fingerprint density at radius 1 is 1.45 bits per heavy atom. The van der Waals surface area contributed by atoms with E-state index in [-0.39, 0.29) is 5.82 Å². The van der Waals surface area contributed by atoms with Crippen LogP contribution in [0.3, 0.4) is 0 Å². The molecule has 1 atom stereocenters. The number of aliphatic hydroxyl groups is 1. The largest absolute Gasteiger partial charge is 0.388 e. The van der Waals surface area contributed by atoms with E-state index in [1.165, 1.54) is 30.5 Å². The minimum Gasteiger partial charge on any atom is -0.388 e. The number of aryl methyl sites for hydroxylation is 2. The summed E-state index contributed by atoms with van der Waals surface area (Å²) in [5.74, 6) is 0.493. The third-order valence-electron chi connectivity index (χ3n) is 4.20. The highest BCUT2D eigenvalue weighted by atomic mass is 79.9. The second kappa shape index (κ2) is 6.50. The van der Waals surface area contributed by atoms with Crippen LogP contribution in [-0.4, -0.2) is 14.9 Å². The number of aromatic nitrogens is 2. The van der Waals surface area contributed by atoms with Gasteiger partial charge in [0.2, 0.25) is 0 Å². The Bertz CT molecular complexity index is 667. The maximum atomic E-state index is 13.1. The number of benzene rings is 1. The van der Waals surface area contributed by atoms with E-state index in [2.05, 4.69) is 27.2 Å². The van der Waals surface area contributed by atoms with Crippen molar-refractivity contribution in [1.29, 1.82) is 0 Å². The van der Waals surface area contributed by atoms with Crippen molar-refractivity contribution in [3.05, 3.63) is 51.5 Å². The number of hydrogen-bond acceptors (Lipinski definition) is 2. The van der Waals surface area contributed by atoms with Crippen LogP contribution < -0.4 is 0 Å². The first-order valence-electron chi connectivity index (χ1n) is 7.69. The quantitative estimate of drug-likeness (QED) is 0.832. The molecule has 1 unspecified atom stereocenters. The fraction of sp³-hybridized carbons (Fsp3) is 0.471. The molecular weight excluding hydrogens is 347 g/mol. The average molecular weight is 367 g/mol. The first-order chi connectivity index (χ1) is 10.5. The Morgan fingerprint density at radius 3 is 2.91 bits per heavy atom. The van der Waals surface area contributed by atoms with Crippen LogP contribution in [0.25, 0.3) is 0 Å². The van der Waals surface area contributed by atoms with Crippen LogP contribution in [0, 0.1) is 18.7 Å². The van der Waals surface area contributed by atoms with Gasteiger partial charge in [0.05, 0.1) is 11.8 Å². The zero-order valence-electron chi connectivity index (χ0n) is 12.6. The van der Waals surface area contributed by atoms with E-state index in [1.54, 1.807) is 6.07 Å². The average Bonchev–Trinajstić information content (AvgIpc) is 3.19. The van der Waals surface area contributed by atoms with Crippen molar-refractivity contribution in [1.82, 2.24) is 9.78 Å². The van der Waals surface area contributed by atoms with Gasteiger partial charge >= 0.3 is 0 Å². The Morgan fingerprint density at radius 2 is 2.23 bits per heavy atom. The van der Waals surface area contributed by atoms with Crippen LogP contribution in [0.5, 0.6) is 0 Å². The van der Waals surface area contributed by atoms with Crippen LogP contribution in [-0.2, 0) is 13.0 Å². The van der Waals surface area contributed by atoms with Gasteiger partial charge < -0.3 is 5.11 Å². The zero-order valence-corrected chi connectivity index (χ0v) is 14.2. The van der Waals surface area contributed by atoms with Crippen molar-refractivity contribution in [2.24, 2.45) is 5.92 Å². The van der Waals surface area contributed by atoms with Gasteiger partial charge in [-0.25, -0.2) is 4.39 Å². The maximum Gasteiger partial charge on any atom is 0.124 e. The minimum absolute atomic E-state index is 0.306. The van der Waals surface area contributed by atoms with Crippen LogP contribution in [0.2, 0.25) is 0 Å². The summed E-state index contributed by atoms with van der Waals surface area (Å²) in [5.41, 5.74) is 2.94. The molecule has 0 spiro atoms. The smallest absolute Gasteiger partial charge is 0.124 e. The van der Waals surface area contributed by atoms with Crippen molar-refractivity contribution in [3.63, 3.8) is 0 Å². The third-order valence-corrected chi connectivity index (χ3v) is 4.89. The number of halogens is 2. The van der Waals surface area contributed by atoms with Crippen LogP contribution in [0.1, 0.15) is 42.2 Å². The summed E-state index contributed by atoms with van der Waals surface area (Å²) < 4.78 is 15.7. The topological polar surface area (TPSA) is 38.0 Å². The van der Waals surface area contributed by atoms with Crippen LogP contribution >= 0.6 is 15.9 Å². The molecule has 1 heterocycles. The third kappa shape index (κ3) is 3.76. The summed E-state index contributed by atoms with van der Waals surface area (Å²) >= 11 is 3.31. The van der Waals surface area contributed by atoms with Gasteiger partial charge in [-0.15, -0.1) is 0 Å². The highest BCUT2D eigenvalue weighted by Gasteiger charge is 2.22. The summed E-state index contributed by atoms with van der Waals surface area (Å²) in [4.78, 5) is 0. The molecule has 1 aromatic carbocycles. The lowest BCUT2D eigenvalue weighted by atomic mass is 10.0. The maximum absolute atomic E-state index is 13.1. The molecule has 2 aromatic rings. The fourth-order valence-corrected chi connectivity index (χ4v) is 3.30. The molecule has 5 heteroatoms. The van der Waals surface area contributed by atoms with Gasteiger partial charge in [-0.3, -0.25) is 4.68 Å². The molecule has 1 N–H and O–H groups in total. The monoisotopic (exact) mass is 366 g/mol. The van der Waals surface area contributed by atoms with E-state index in [4.69, 9.17) is 0 Å². The molecule has 0 bridgehead atoms. The first kappa shape index (κ1) is 15.7. The van der Waals surface area contributed by atoms with E-state index < -0.39 is 6.10 Å². The number of hydrogen-bond donors (Lipinski definition) is 1. The second-order valence-corrected chi connectivity index (χ2v) is 6.98. The van der Waals surface area contributed by atoms with Gasteiger partial charge in [0.25, 0.3) is 0 Å². The molecule has 22 heavy (non-hydrogen) atoms. The molecule has 0 amide bonds. The molecule has 1 aliphatic rings. The van der Waals surface area contributed by atoms with Gasteiger partial charge in [0, 0.05) is 17.2 Å². The predicted octanol–water partition coefficient (Wildman–Crippen LogP) is 4.17. The summed E-state index contributed by atoms with van der Waals surface area (Å²) in [6.07, 6.45) is 5.47. The van der Waals surface area contributed by atoms with Gasteiger partial charge in [0.1, 0.15) is 5.82 Å². The van der Waals surface area contributed by atoms with E-state index in [9.17, 15) is 9.50 Å². The van der Waals surface area contributed by atoms with Crippen LogP contribution in [0.4, 0.5) is 4.39 Å². The van der Waals surface area contributed by atoms with Gasteiger partial charge in [-0.05, 0) is 61.8 Å². The van der Waals surface area contributed by atoms with Gasteiger partial charge in [-0.2, -0.15) is 5.10 Å². The molecule has 1 fully saturated rings. The first-order valence-corrected chi connectivity index (χ1v) is 8.48. The lowest BCUT2D eigenvalue weighted by Gasteiger charge is -2.12. The highest BCUT2D eigenvalue weighted by molar-refractivity contribution is 9.10. The Balaban J connectivity index is 1.62. The van der Waals surface area contributed by atoms with Crippen molar-refractivity contribution < 1.29 is 9.50 Å². The van der Waals surface area contributed by atoms with E-state index in [0.29, 0.717) is 10.9 Å². The van der Waals surface area contributed by atoms with Crippen molar-refractivity contribution in [2.75, 3.05) is 0 Å². The molecule has 3 rings (SSSR count). The Labute approximate surface area is 138 Å². The lowest BCUT2D eigenvalue weighted by Crippen LogP contribution is -2.01. The van der Waals surface area contributed by atoms with E-state index >= 15 is 0 Å². The van der Waals surface area contributed by atoms with Gasteiger partial charge in [0.15, 0.2) is 0 Å². The summed E-state index contributed by atoms with van der Waals surface area (Å²) in [5, 5.41) is 14.9. The summed E-state index contributed by atoms with van der Waals surface area (Å²) in [6.45, 7) is 3.02. The predicted molar refractivity (Wildman–Crippen MR) is 87.1 cm³/mol. The Hall–Kier alpha value is -1.20. The molecule has 118 valence electrons. The molecule has 1 aliphatic carbocycles. The normalized spacial score (nSPS) is 16.0. The molecule has 3 nitrogen and oxygen atoms in total. The van der Waals surface area contributed by atoms with Crippen LogP contribution in [0.15, 0.2) is 28.9 Å². The molecule has 0 saturated heterocycles. The molecule has 0 aliphatic heterocycles. The summed E-state index contributed by atoms with van der Waals surface area (Å²) in [6, 6.07) is 4.40. The SMILES string of the molecule is Cc1nn(CC2CC2)cc1CCC(O)c1ccc(F)cc1Br. The van der Waals surface area contributed by atoms with Crippen molar-refractivity contribution in [2.45, 2.75) is 45.3 Å². The molecular formula is C17H20BrFN2O. The fourth-order valence-electron chi connectivity index (χ4n) is 2.68. The van der Waals surface area contributed by atoms with E-state index in [1.807, 2.05) is 11.6 Å². The van der Waals surface area contributed by atoms with E-state index in [0.717, 1.165) is 30.1 Å². The number of nitrogens with zero attached hydrogens (tertiary/aromatic N) is 2. The standard InChI is InChI=1S/C17H20BrFN2O/c1-11-13(10-21(20-11)9-12-2-3-12)4-7-17(22)15-6-5-14(19)8-16(15)18/h5-6,8,10,12,17,22H,2-4,7,9H2,1H3. The highest BCUT2D eigenvalue weighted by Crippen LogP contribution is 2.31. The summed E-state index contributed by atoms with van der Waals surface area (Å²) in [7, 11) is 0. The molecule has 1 saturated carbocycles. The number of aliphatic hydroxyl groups excluding tert-OH is 1. The number of rotatable bonds is 6. The molecule has 0 radical (unpaired) electrons. The van der Waals surface area contributed by atoms with Crippen molar-refractivity contribution in [3.8, 4) is 0 Å². The van der Waals surface area contributed by atoms with Gasteiger partial charge in [-0.1, -0.05) is 22.0 Å². The Kier molecular flexibility index (Phi) is 4.64.